The fourth-order valence-electron chi connectivity index (χ4n) is 3.34. The Morgan fingerprint density at radius 3 is 2.86 bits per heavy atom. The van der Waals surface area contributed by atoms with Gasteiger partial charge in [0.2, 0.25) is 5.91 Å². The zero-order valence-corrected chi connectivity index (χ0v) is 13.8. The first-order valence-corrected chi connectivity index (χ1v) is 8.08. The van der Waals surface area contributed by atoms with Crippen LogP contribution >= 0.6 is 0 Å². The molecule has 2 heterocycles. The minimum absolute atomic E-state index is 0.0110. The van der Waals surface area contributed by atoms with Gasteiger partial charge in [-0.05, 0) is 12.8 Å². The summed E-state index contributed by atoms with van der Waals surface area (Å²) in [6.45, 7) is 2.69. The quantitative estimate of drug-likeness (QED) is 0.813. The largest absolute Gasteiger partial charge is 0.371 e. The van der Waals surface area contributed by atoms with Crippen LogP contribution in [0.3, 0.4) is 0 Å². The number of nitrogens with zero attached hydrogens (tertiary/aromatic N) is 4. The molecule has 2 aliphatic rings. The summed E-state index contributed by atoms with van der Waals surface area (Å²) in [6, 6.07) is 0.709. The molecule has 0 saturated heterocycles. The highest BCUT2D eigenvalue weighted by Crippen LogP contribution is 2.34. The Balaban J connectivity index is 1.65. The lowest BCUT2D eigenvalue weighted by Crippen LogP contribution is -2.45. The van der Waals surface area contributed by atoms with Crippen molar-refractivity contribution in [3.05, 3.63) is 17.7 Å². The summed E-state index contributed by atoms with van der Waals surface area (Å²) >= 11 is 0. The van der Waals surface area contributed by atoms with Crippen LogP contribution in [0.5, 0.6) is 0 Å². The summed E-state index contributed by atoms with van der Waals surface area (Å²) in [4.78, 5) is 20.3. The van der Waals surface area contributed by atoms with Crippen molar-refractivity contribution in [1.82, 2.24) is 19.4 Å². The summed E-state index contributed by atoms with van der Waals surface area (Å²) in [5, 5.41) is 0. The molecule has 1 aliphatic carbocycles. The van der Waals surface area contributed by atoms with Gasteiger partial charge in [0, 0.05) is 51.9 Å². The molecule has 0 unspecified atom stereocenters. The van der Waals surface area contributed by atoms with Gasteiger partial charge in [0.1, 0.15) is 6.61 Å². The van der Waals surface area contributed by atoms with Crippen molar-refractivity contribution in [3.63, 3.8) is 0 Å². The molecule has 1 amide bonds. The fraction of sp³-hybridized carbons (Fsp3) is 0.750. The van der Waals surface area contributed by atoms with Crippen LogP contribution in [-0.4, -0.2) is 65.2 Å². The molecule has 1 saturated carbocycles. The molecule has 1 aliphatic heterocycles. The standard InChI is InChI=1S/C16H26N4O2/c1-18(2)15(21)10-22-9-12-7-20(13-5-4-6-13)8-14-16(12)19(3)11-17-14/h11-13H,4-10H2,1-3H3/t12-/m1/s1. The van der Waals surface area contributed by atoms with Crippen molar-refractivity contribution in [1.29, 1.82) is 0 Å². The number of likely N-dealkylation sites (N-methyl/N-ethyl adjacent to an activating group) is 1. The highest BCUT2D eigenvalue weighted by molar-refractivity contribution is 5.76. The van der Waals surface area contributed by atoms with Crippen molar-refractivity contribution in [2.24, 2.45) is 7.05 Å². The second kappa shape index (κ2) is 6.38. The van der Waals surface area contributed by atoms with Crippen LogP contribution in [0.4, 0.5) is 0 Å². The van der Waals surface area contributed by atoms with Gasteiger partial charge in [-0.3, -0.25) is 9.69 Å². The molecular weight excluding hydrogens is 280 g/mol. The Bertz CT molecular complexity index is 536. The Morgan fingerprint density at radius 2 is 2.23 bits per heavy atom. The molecule has 0 radical (unpaired) electrons. The smallest absolute Gasteiger partial charge is 0.248 e. The number of ether oxygens (including phenoxy) is 1. The molecule has 0 N–H and O–H groups in total. The van der Waals surface area contributed by atoms with E-state index in [-0.39, 0.29) is 12.5 Å². The Morgan fingerprint density at radius 1 is 1.45 bits per heavy atom. The number of rotatable bonds is 5. The number of carbonyl (C=O) groups excluding carboxylic acids is 1. The van der Waals surface area contributed by atoms with Crippen molar-refractivity contribution >= 4 is 5.91 Å². The lowest BCUT2D eigenvalue weighted by molar-refractivity contribution is -0.133. The van der Waals surface area contributed by atoms with E-state index in [2.05, 4.69) is 14.5 Å². The van der Waals surface area contributed by atoms with Crippen molar-refractivity contribution < 1.29 is 9.53 Å². The van der Waals surface area contributed by atoms with E-state index in [4.69, 9.17) is 4.74 Å². The molecule has 1 fully saturated rings. The molecule has 0 aromatic carbocycles. The van der Waals surface area contributed by atoms with Crippen LogP contribution < -0.4 is 0 Å². The molecular formula is C16H26N4O2. The van der Waals surface area contributed by atoms with Crippen molar-refractivity contribution in [3.8, 4) is 0 Å². The highest BCUT2D eigenvalue weighted by atomic mass is 16.5. The minimum Gasteiger partial charge on any atom is -0.371 e. The number of imidazole rings is 1. The normalized spacial score (nSPS) is 22.2. The van der Waals surface area contributed by atoms with E-state index in [1.165, 1.54) is 30.7 Å². The zero-order valence-electron chi connectivity index (χ0n) is 13.8. The van der Waals surface area contributed by atoms with Gasteiger partial charge in [-0.1, -0.05) is 6.42 Å². The SMILES string of the molecule is CN(C)C(=O)COC[C@H]1CN(C2CCC2)Cc2ncn(C)c21. The molecule has 1 aromatic heterocycles. The number of hydrogen-bond acceptors (Lipinski definition) is 4. The predicted octanol–water partition coefficient (Wildman–Crippen LogP) is 0.977. The maximum Gasteiger partial charge on any atom is 0.248 e. The third-order valence-electron chi connectivity index (χ3n) is 4.89. The molecule has 6 heteroatoms. The van der Waals surface area contributed by atoms with Gasteiger partial charge in [0.25, 0.3) is 0 Å². The Kier molecular flexibility index (Phi) is 4.49. The van der Waals surface area contributed by atoms with Crippen LogP contribution in [0.25, 0.3) is 0 Å². The molecule has 0 bridgehead atoms. The third-order valence-corrected chi connectivity index (χ3v) is 4.89. The van der Waals surface area contributed by atoms with Gasteiger partial charge in [-0.2, -0.15) is 0 Å². The lowest BCUT2D eigenvalue weighted by atomic mass is 9.88. The van der Waals surface area contributed by atoms with Gasteiger partial charge in [-0.25, -0.2) is 4.98 Å². The molecule has 0 spiro atoms. The van der Waals surface area contributed by atoms with Crippen molar-refractivity contribution in [2.75, 3.05) is 33.9 Å². The topological polar surface area (TPSA) is 50.6 Å². The van der Waals surface area contributed by atoms with E-state index in [0.717, 1.165) is 13.1 Å². The van der Waals surface area contributed by atoms with Gasteiger partial charge >= 0.3 is 0 Å². The maximum absolute atomic E-state index is 11.6. The fourth-order valence-corrected chi connectivity index (χ4v) is 3.34. The van der Waals surface area contributed by atoms with Crippen molar-refractivity contribution in [2.45, 2.75) is 37.8 Å². The maximum atomic E-state index is 11.6. The Hall–Kier alpha value is -1.40. The lowest BCUT2D eigenvalue weighted by Gasteiger charge is -2.42. The average Bonchev–Trinajstić information content (AvgIpc) is 2.78. The van der Waals surface area contributed by atoms with E-state index in [9.17, 15) is 4.79 Å². The van der Waals surface area contributed by atoms with E-state index in [1.807, 2.05) is 13.4 Å². The minimum atomic E-state index is 0.0110. The molecule has 1 atom stereocenters. The molecule has 1 aromatic rings. The van der Waals surface area contributed by atoms with Crippen LogP contribution in [0.2, 0.25) is 0 Å². The van der Waals surface area contributed by atoms with E-state index in [1.54, 1.807) is 19.0 Å². The number of hydrogen-bond donors (Lipinski definition) is 0. The highest BCUT2D eigenvalue weighted by Gasteiger charge is 2.34. The molecule has 6 nitrogen and oxygen atoms in total. The molecule has 22 heavy (non-hydrogen) atoms. The van der Waals surface area contributed by atoms with Gasteiger partial charge in [0.05, 0.1) is 18.6 Å². The van der Waals surface area contributed by atoms with Gasteiger partial charge in [-0.15, -0.1) is 0 Å². The summed E-state index contributed by atoms with van der Waals surface area (Å²) < 4.78 is 7.80. The molecule has 3 rings (SSSR count). The number of aromatic nitrogens is 2. The molecule has 122 valence electrons. The monoisotopic (exact) mass is 306 g/mol. The third kappa shape index (κ3) is 3.03. The summed E-state index contributed by atoms with van der Waals surface area (Å²) in [7, 11) is 5.55. The summed E-state index contributed by atoms with van der Waals surface area (Å²) in [6.07, 6.45) is 5.84. The first kappa shape index (κ1) is 15.5. The number of fused-ring (bicyclic) bond motifs is 1. The van der Waals surface area contributed by atoms with E-state index in [0.29, 0.717) is 18.6 Å². The number of amides is 1. The number of aryl methyl sites for hydroxylation is 1. The van der Waals surface area contributed by atoms with Gasteiger partial charge in [0.15, 0.2) is 0 Å². The average molecular weight is 306 g/mol. The van der Waals surface area contributed by atoms with Crippen LogP contribution in [-0.2, 0) is 23.1 Å². The van der Waals surface area contributed by atoms with Crippen LogP contribution in [0.1, 0.15) is 36.6 Å². The zero-order chi connectivity index (χ0) is 15.7. The Labute approximate surface area is 132 Å². The summed E-state index contributed by atoms with van der Waals surface area (Å²) in [5.41, 5.74) is 2.45. The first-order chi connectivity index (χ1) is 10.6. The van der Waals surface area contributed by atoms with Crippen LogP contribution in [0.15, 0.2) is 6.33 Å². The summed E-state index contributed by atoms with van der Waals surface area (Å²) in [5.74, 6) is 0.309. The van der Waals surface area contributed by atoms with E-state index >= 15 is 0 Å². The second-order valence-corrected chi connectivity index (χ2v) is 6.70. The van der Waals surface area contributed by atoms with Gasteiger partial charge < -0.3 is 14.2 Å². The second-order valence-electron chi connectivity index (χ2n) is 6.70. The first-order valence-electron chi connectivity index (χ1n) is 8.08. The number of carbonyl (C=O) groups is 1. The predicted molar refractivity (Wildman–Crippen MR) is 83.5 cm³/mol. The van der Waals surface area contributed by atoms with E-state index < -0.39 is 0 Å². The van der Waals surface area contributed by atoms with Crippen LogP contribution in [0, 0.1) is 0 Å².